The molecule has 0 bridgehead atoms. The van der Waals surface area contributed by atoms with E-state index < -0.39 is 17.8 Å². The average molecular weight is 744 g/mol. The lowest BCUT2D eigenvalue weighted by Gasteiger charge is -2.31. The van der Waals surface area contributed by atoms with Gasteiger partial charge in [-0.15, -0.1) is 6.42 Å². The predicted octanol–water partition coefficient (Wildman–Crippen LogP) is 7.86. The lowest BCUT2D eigenvalue weighted by molar-refractivity contribution is -0.0331. The van der Waals surface area contributed by atoms with Crippen LogP contribution in [0.3, 0.4) is 0 Å². The van der Waals surface area contributed by atoms with Crippen LogP contribution in [-0.4, -0.2) is 90.8 Å². The molecular formula is C42H48F3N5O4. The first kappa shape index (κ1) is 37.7. The number of hydrogen-bond donors (Lipinski definition) is 1. The molecule has 4 aromatic rings. The number of allylic oxidation sites excluding steroid dienone is 1. The maximum Gasteiger partial charge on any atom is 0.319 e. The molecule has 1 saturated carbocycles. The fraction of sp³-hybridized carbons (Fsp3) is 0.500. The normalized spacial score (nSPS) is 20.2. The number of benzene rings is 2. The topological polar surface area (TPSA) is 93.1 Å². The molecule has 12 heteroatoms. The summed E-state index contributed by atoms with van der Waals surface area (Å²) in [7, 11) is 1.43. The fourth-order valence-electron chi connectivity index (χ4n) is 7.50. The lowest BCUT2D eigenvalue weighted by atomic mass is 9.95. The number of aromatic nitrogens is 3. The zero-order valence-corrected chi connectivity index (χ0v) is 31.2. The van der Waals surface area contributed by atoms with E-state index in [4.69, 9.17) is 25.6 Å². The van der Waals surface area contributed by atoms with Crippen LogP contribution >= 0.6 is 0 Å². The van der Waals surface area contributed by atoms with Crippen molar-refractivity contribution in [2.45, 2.75) is 58.5 Å². The van der Waals surface area contributed by atoms with E-state index >= 15 is 4.39 Å². The maximum absolute atomic E-state index is 17.0. The van der Waals surface area contributed by atoms with Gasteiger partial charge in [-0.3, -0.25) is 0 Å². The summed E-state index contributed by atoms with van der Waals surface area (Å²) in [5, 5.41) is 11.5. The number of aromatic hydroxyl groups is 1. The second-order valence-corrected chi connectivity index (χ2v) is 15.3. The van der Waals surface area contributed by atoms with Crippen molar-refractivity contribution < 1.29 is 32.5 Å². The molecular weight excluding hydrogens is 695 g/mol. The highest BCUT2D eigenvalue weighted by Gasteiger charge is 2.45. The van der Waals surface area contributed by atoms with Gasteiger partial charge in [-0.1, -0.05) is 38.0 Å². The monoisotopic (exact) mass is 743 g/mol. The molecule has 5 heterocycles. The molecule has 2 saturated heterocycles. The van der Waals surface area contributed by atoms with E-state index in [0.717, 1.165) is 58.0 Å². The quantitative estimate of drug-likeness (QED) is 0.136. The Morgan fingerprint density at radius 1 is 1.07 bits per heavy atom. The molecule has 8 rings (SSSR count). The Bertz CT molecular complexity index is 2070. The summed E-state index contributed by atoms with van der Waals surface area (Å²) >= 11 is 0. The Kier molecular flexibility index (Phi) is 11.2. The number of terminal acetylenes is 1. The molecule has 9 nitrogen and oxygen atoms in total. The number of pyridine rings is 1. The van der Waals surface area contributed by atoms with Crippen LogP contribution in [0.15, 0.2) is 36.4 Å². The number of phenolic OH excluding ortho intramolecular Hbond substituents is 1. The van der Waals surface area contributed by atoms with E-state index in [1.807, 2.05) is 4.90 Å². The van der Waals surface area contributed by atoms with Gasteiger partial charge < -0.3 is 29.1 Å². The highest BCUT2D eigenvalue weighted by atomic mass is 19.1. The van der Waals surface area contributed by atoms with Crippen LogP contribution in [0.5, 0.6) is 17.6 Å². The van der Waals surface area contributed by atoms with Crippen molar-refractivity contribution >= 4 is 27.5 Å². The first-order chi connectivity index (χ1) is 26.1. The van der Waals surface area contributed by atoms with E-state index in [0.29, 0.717) is 49.7 Å². The Balaban J connectivity index is 0.000000684. The van der Waals surface area contributed by atoms with E-state index in [2.05, 4.69) is 46.8 Å². The van der Waals surface area contributed by atoms with Gasteiger partial charge in [0.05, 0.1) is 32.5 Å². The third-order valence-electron chi connectivity index (χ3n) is 11.0. The summed E-state index contributed by atoms with van der Waals surface area (Å²) in [6.07, 6.45) is 14.3. The third-order valence-corrected chi connectivity index (χ3v) is 11.0. The molecule has 0 amide bonds. The molecule has 3 aliphatic heterocycles. The van der Waals surface area contributed by atoms with Crippen LogP contribution in [-0.2, 0) is 4.74 Å². The lowest BCUT2D eigenvalue weighted by Crippen LogP contribution is -2.39. The van der Waals surface area contributed by atoms with Gasteiger partial charge in [0.2, 0.25) is 5.88 Å². The Hall–Kier alpha value is -4.60. The molecule has 3 fully saturated rings. The summed E-state index contributed by atoms with van der Waals surface area (Å²) in [6.45, 7) is 10.1. The van der Waals surface area contributed by atoms with Crippen molar-refractivity contribution in [3.63, 3.8) is 0 Å². The second-order valence-electron chi connectivity index (χ2n) is 15.3. The number of anilines is 1. The Labute approximate surface area is 314 Å². The van der Waals surface area contributed by atoms with E-state index in [9.17, 15) is 13.9 Å². The number of ether oxygens (including phenoxy) is 3. The summed E-state index contributed by atoms with van der Waals surface area (Å²) in [5.41, 5.74) is -0.374. The molecule has 0 spiro atoms. The first-order valence-corrected chi connectivity index (χ1v) is 19.0. The number of halogens is 3. The number of methoxy groups -OCH3 is 1. The minimum absolute atomic E-state index is 0.0151. The van der Waals surface area contributed by atoms with E-state index in [-0.39, 0.29) is 56.2 Å². The Morgan fingerprint density at radius 3 is 2.50 bits per heavy atom. The van der Waals surface area contributed by atoms with Crippen molar-refractivity contribution in [1.29, 1.82) is 0 Å². The molecule has 4 aliphatic rings. The fourth-order valence-corrected chi connectivity index (χ4v) is 7.50. The first-order valence-electron chi connectivity index (χ1n) is 19.0. The number of alkyl halides is 1. The summed E-state index contributed by atoms with van der Waals surface area (Å²) in [5.74, 6) is 2.41. The number of phenols is 1. The molecule has 286 valence electrons. The molecule has 1 aliphatic carbocycles. The summed E-state index contributed by atoms with van der Waals surface area (Å²) in [4.78, 5) is 18.4. The minimum atomic E-state index is -0.813. The molecule has 2 aromatic heterocycles. The highest BCUT2D eigenvalue weighted by molar-refractivity contribution is 6.04. The molecule has 1 N–H and O–H groups in total. The largest absolute Gasteiger partial charge is 0.508 e. The molecule has 2 aromatic carbocycles. The van der Waals surface area contributed by atoms with Gasteiger partial charge in [-0.05, 0) is 68.0 Å². The second kappa shape index (κ2) is 16.0. The van der Waals surface area contributed by atoms with E-state index in [1.165, 1.54) is 37.8 Å². The molecule has 54 heavy (non-hydrogen) atoms. The molecule has 0 radical (unpaired) electrons. The van der Waals surface area contributed by atoms with Crippen LogP contribution in [0.1, 0.15) is 57.9 Å². The summed E-state index contributed by atoms with van der Waals surface area (Å²) in [6, 6.07) is 5.44. The van der Waals surface area contributed by atoms with Gasteiger partial charge in [0, 0.05) is 55.0 Å². The highest BCUT2D eigenvalue weighted by Crippen LogP contribution is 2.47. The number of fused-ring (bicyclic) bond motifs is 2. The minimum Gasteiger partial charge on any atom is -0.508 e. The van der Waals surface area contributed by atoms with Crippen LogP contribution in [0.2, 0.25) is 0 Å². The van der Waals surface area contributed by atoms with Gasteiger partial charge in [0.1, 0.15) is 40.2 Å². The van der Waals surface area contributed by atoms with Crippen LogP contribution in [0.4, 0.5) is 19.0 Å². The van der Waals surface area contributed by atoms with E-state index in [1.54, 1.807) is 0 Å². The van der Waals surface area contributed by atoms with Crippen molar-refractivity contribution in [1.82, 2.24) is 19.9 Å². The number of piperidine rings is 1. The van der Waals surface area contributed by atoms with Crippen molar-refractivity contribution in [2.75, 3.05) is 64.6 Å². The van der Waals surface area contributed by atoms with Crippen molar-refractivity contribution in [2.24, 2.45) is 17.3 Å². The van der Waals surface area contributed by atoms with Gasteiger partial charge in [0.25, 0.3) is 0 Å². The number of rotatable bonds is 9. The number of nitrogens with zero attached hydrogens (tertiary/aromatic N) is 5. The standard InChI is InChI=1S/C37H38F3N5O3.C5H10O/c1-4-26-28(39)9-8-23-17-25(46)18-27(29(23)26)32-31(40)33-30(35(41-32)47-3)34(45-14-6-5-7-22(2)19-45)43-36(42-33)48-21-37(12-13-37)20-44-15-10-24(38)11-16-44;1-2-5-3-6-4-5/h1,5-6,8-9,17-18,22,24,46H,7,10-16,19-21H2,2-3H3;5H,2-4H2,1H3. The molecule has 1 unspecified atom stereocenters. The van der Waals surface area contributed by atoms with Crippen LogP contribution in [0, 0.1) is 41.2 Å². The third kappa shape index (κ3) is 7.94. The average Bonchev–Trinajstić information content (AvgIpc) is 3.95. The maximum atomic E-state index is 17.0. The number of likely N-dealkylation sites (tertiary alicyclic amines) is 1. The number of hydrogen-bond acceptors (Lipinski definition) is 9. The van der Waals surface area contributed by atoms with Crippen LogP contribution in [0.25, 0.3) is 32.9 Å². The molecule has 1 atom stereocenters. The van der Waals surface area contributed by atoms with Crippen LogP contribution < -0.4 is 14.4 Å². The SMILES string of the molecule is C#Cc1c(F)ccc2cc(O)cc(-c3nc(OC)c4c(N5CC=CCC(C)C5)nc(OCC5(CN6CCC(F)CC6)CC5)nc4c3F)c12.CCC1COC1. The van der Waals surface area contributed by atoms with Crippen molar-refractivity contribution in [3.05, 3.63) is 53.6 Å². The zero-order valence-electron chi connectivity index (χ0n) is 31.2. The van der Waals surface area contributed by atoms with Gasteiger partial charge in [0.15, 0.2) is 5.82 Å². The smallest absolute Gasteiger partial charge is 0.319 e. The zero-order chi connectivity index (χ0) is 38.0. The van der Waals surface area contributed by atoms with Gasteiger partial charge in [-0.25, -0.2) is 18.2 Å². The Morgan fingerprint density at radius 2 is 1.85 bits per heavy atom. The van der Waals surface area contributed by atoms with Crippen molar-refractivity contribution in [3.8, 4) is 41.2 Å². The summed E-state index contributed by atoms with van der Waals surface area (Å²) < 4.78 is 62.7. The predicted molar refractivity (Wildman–Crippen MR) is 204 cm³/mol. The van der Waals surface area contributed by atoms with Gasteiger partial charge >= 0.3 is 6.01 Å². The van der Waals surface area contributed by atoms with Gasteiger partial charge in [-0.2, -0.15) is 9.97 Å².